The summed E-state index contributed by atoms with van der Waals surface area (Å²) in [5, 5.41) is 3.44. The molecule has 0 aliphatic rings. The van der Waals surface area contributed by atoms with Gasteiger partial charge in [0.1, 0.15) is 0 Å². The monoisotopic (exact) mass is 391 g/mol. The van der Waals surface area contributed by atoms with Gasteiger partial charge in [-0.05, 0) is 30.3 Å². The van der Waals surface area contributed by atoms with Gasteiger partial charge >= 0.3 is 6.18 Å². The molecule has 0 bridgehead atoms. The summed E-state index contributed by atoms with van der Waals surface area (Å²) in [6.45, 7) is 0. The lowest BCUT2D eigenvalue weighted by molar-refractivity contribution is -0.141. The standard InChI is InChI=1S/C18H12F3N3O2S/c1-3-12-4-6-13(7-5-12)15-10-16(18(19,20)21)23-24(15)14-8-9-17(22-11-14)27(2,25)26/h1,4-11H,2H3. The fraction of sp³-hybridized carbons (Fsp3) is 0.111. The largest absolute Gasteiger partial charge is 0.435 e. The van der Waals surface area contributed by atoms with Crippen molar-refractivity contribution in [3.63, 3.8) is 0 Å². The van der Waals surface area contributed by atoms with Crippen molar-refractivity contribution in [2.75, 3.05) is 6.26 Å². The summed E-state index contributed by atoms with van der Waals surface area (Å²) in [5.74, 6) is 2.43. The minimum absolute atomic E-state index is 0.166. The number of rotatable bonds is 3. The van der Waals surface area contributed by atoms with E-state index in [1.807, 2.05) is 0 Å². The molecule has 1 aromatic carbocycles. The van der Waals surface area contributed by atoms with E-state index >= 15 is 0 Å². The van der Waals surface area contributed by atoms with Crippen molar-refractivity contribution in [2.45, 2.75) is 11.2 Å². The Bertz CT molecular complexity index is 1120. The van der Waals surface area contributed by atoms with E-state index in [0.29, 0.717) is 11.1 Å². The molecular weight excluding hydrogens is 379 g/mol. The van der Waals surface area contributed by atoms with Gasteiger partial charge in [0, 0.05) is 17.4 Å². The van der Waals surface area contributed by atoms with E-state index < -0.39 is 21.7 Å². The normalized spacial score (nSPS) is 12.0. The summed E-state index contributed by atoms with van der Waals surface area (Å²) in [6, 6.07) is 9.84. The number of nitrogens with zero attached hydrogens (tertiary/aromatic N) is 3. The first kappa shape index (κ1) is 18.7. The number of halogens is 3. The summed E-state index contributed by atoms with van der Waals surface area (Å²) < 4.78 is 63.6. The zero-order chi connectivity index (χ0) is 19.8. The molecular formula is C18H12F3N3O2S. The number of aromatic nitrogens is 3. The van der Waals surface area contributed by atoms with Gasteiger partial charge in [-0.1, -0.05) is 18.1 Å². The Morgan fingerprint density at radius 1 is 1.11 bits per heavy atom. The molecule has 0 saturated carbocycles. The second-order valence-corrected chi connectivity index (χ2v) is 7.64. The van der Waals surface area contributed by atoms with Crippen LogP contribution in [0.25, 0.3) is 16.9 Å². The summed E-state index contributed by atoms with van der Waals surface area (Å²) in [7, 11) is -3.53. The molecule has 0 spiro atoms. The van der Waals surface area contributed by atoms with E-state index in [1.54, 1.807) is 24.3 Å². The van der Waals surface area contributed by atoms with E-state index in [4.69, 9.17) is 6.42 Å². The highest BCUT2D eigenvalue weighted by Crippen LogP contribution is 2.33. The number of pyridine rings is 1. The highest BCUT2D eigenvalue weighted by atomic mass is 32.2. The number of sulfone groups is 1. The topological polar surface area (TPSA) is 64.8 Å². The summed E-state index contributed by atoms with van der Waals surface area (Å²) in [6.07, 6.45) is 2.80. The molecule has 3 aromatic rings. The third kappa shape index (κ3) is 3.85. The average Bonchev–Trinajstić information content (AvgIpc) is 3.07. The Morgan fingerprint density at radius 3 is 2.26 bits per heavy atom. The van der Waals surface area contributed by atoms with Crippen LogP contribution in [0.3, 0.4) is 0 Å². The molecule has 0 fully saturated rings. The third-order valence-corrected chi connectivity index (χ3v) is 4.69. The van der Waals surface area contributed by atoms with Crippen molar-refractivity contribution >= 4 is 9.84 Å². The van der Waals surface area contributed by atoms with E-state index in [-0.39, 0.29) is 16.4 Å². The molecule has 0 unspecified atom stereocenters. The lowest BCUT2D eigenvalue weighted by Crippen LogP contribution is -2.08. The van der Waals surface area contributed by atoms with Crippen LogP contribution in [0.2, 0.25) is 0 Å². The SMILES string of the molecule is C#Cc1ccc(-c2cc(C(F)(F)F)nn2-c2ccc(S(C)(=O)=O)nc2)cc1. The minimum Gasteiger partial charge on any atom is -0.242 e. The maximum atomic E-state index is 13.2. The zero-order valence-electron chi connectivity index (χ0n) is 13.9. The number of alkyl halides is 3. The molecule has 0 aliphatic heterocycles. The average molecular weight is 391 g/mol. The van der Waals surface area contributed by atoms with Gasteiger partial charge < -0.3 is 0 Å². The van der Waals surface area contributed by atoms with Gasteiger partial charge in [-0.2, -0.15) is 18.3 Å². The predicted octanol–water partition coefficient (Wildman–Crippen LogP) is 3.34. The Kier molecular flexibility index (Phi) is 4.53. The second kappa shape index (κ2) is 6.55. The van der Waals surface area contributed by atoms with Gasteiger partial charge in [0.25, 0.3) is 0 Å². The molecule has 0 amide bonds. The Hall–Kier alpha value is -3.12. The highest BCUT2D eigenvalue weighted by Gasteiger charge is 2.35. The van der Waals surface area contributed by atoms with Crippen LogP contribution >= 0.6 is 0 Å². The maximum Gasteiger partial charge on any atom is 0.435 e. The fourth-order valence-corrected chi connectivity index (χ4v) is 2.94. The smallest absolute Gasteiger partial charge is 0.242 e. The van der Waals surface area contributed by atoms with Crippen LogP contribution in [-0.4, -0.2) is 29.4 Å². The Balaban J connectivity index is 2.16. The molecule has 0 aliphatic carbocycles. The van der Waals surface area contributed by atoms with Crippen molar-refractivity contribution in [1.29, 1.82) is 0 Å². The van der Waals surface area contributed by atoms with Gasteiger partial charge in [0.2, 0.25) is 0 Å². The summed E-state index contributed by atoms with van der Waals surface area (Å²) in [4.78, 5) is 3.80. The molecule has 0 saturated heterocycles. The molecule has 2 aromatic heterocycles. The van der Waals surface area contributed by atoms with Crippen LogP contribution in [0.5, 0.6) is 0 Å². The number of hydrogen-bond donors (Lipinski definition) is 0. The first-order chi connectivity index (χ1) is 12.6. The summed E-state index contributed by atoms with van der Waals surface area (Å²) >= 11 is 0. The van der Waals surface area contributed by atoms with Crippen LogP contribution in [0, 0.1) is 12.3 Å². The number of terminal acetylenes is 1. The van der Waals surface area contributed by atoms with E-state index in [9.17, 15) is 21.6 Å². The number of hydrogen-bond acceptors (Lipinski definition) is 4. The van der Waals surface area contributed by atoms with Crippen LogP contribution in [-0.2, 0) is 16.0 Å². The number of benzene rings is 1. The zero-order valence-corrected chi connectivity index (χ0v) is 14.7. The molecule has 27 heavy (non-hydrogen) atoms. The molecule has 5 nitrogen and oxygen atoms in total. The van der Waals surface area contributed by atoms with Crippen molar-refractivity contribution in [3.8, 4) is 29.3 Å². The van der Waals surface area contributed by atoms with Gasteiger partial charge in [-0.3, -0.25) is 0 Å². The summed E-state index contributed by atoms with van der Waals surface area (Å²) in [5.41, 5.74) is 0.323. The predicted molar refractivity (Wildman–Crippen MR) is 92.8 cm³/mol. The van der Waals surface area contributed by atoms with Crippen molar-refractivity contribution in [3.05, 3.63) is 59.9 Å². The highest BCUT2D eigenvalue weighted by molar-refractivity contribution is 7.90. The Labute approximate surface area is 153 Å². The van der Waals surface area contributed by atoms with Gasteiger partial charge in [0.15, 0.2) is 20.6 Å². The molecule has 0 radical (unpaired) electrons. The maximum absolute atomic E-state index is 13.2. The Morgan fingerprint density at radius 2 is 1.78 bits per heavy atom. The molecule has 2 heterocycles. The molecule has 0 N–H and O–H groups in total. The first-order valence-electron chi connectivity index (χ1n) is 7.50. The van der Waals surface area contributed by atoms with Gasteiger partial charge in [-0.15, -0.1) is 6.42 Å². The fourth-order valence-electron chi connectivity index (χ4n) is 2.38. The first-order valence-corrected chi connectivity index (χ1v) is 9.39. The van der Waals surface area contributed by atoms with Gasteiger partial charge in [-0.25, -0.2) is 18.1 Å². The van der Waals surface area contributed by atoms with Crippen LogP contribution in [0.4, 0.5) is 13.2 Å². The molecule has 0 atom stereocenters. The van der Waals surface area contributed by atoms with Crippen molar-refractivity contribution < 1.29 is 21.6 Å². The lowest BCUT2D eigenvalue weighted by Gasteiger charge is -2.08. The van der Waals surface area contributed by atoms with E-state index in [2.05, 4.69) is 16.0 Å². The van der Waals surface area contributed by atoms with Gasteiger partial charge in [0.05, 0.1) is 17.6 Å². The van der Waals surface area contributed by atoms with Crippen molar-refractivity contribution in [2.24, 2.45) is 0 Å². The van der Waals surface area contributed by atoms with Crippen molar-refractivity contribution in [1.82, 2.24) is 14.8 Å². The molecule has 9 heteroatoms. The van der Waals surface area contributed by atoms with Crippen LogP contribution < -0.4 is 0 Å². The third-order valence-electron chi connectivity index (χ3n) is 3.69. The molecule has 138 valence electrons. The van der Waals surface area contributed by atoms with E-state index in [0.717, 1.165) is 23.2 Å². The lowest BCUT2D eigenvalue weighted by atomic mass is 10.1. The quantitative estimate of drug-likeness (QED) is 0.643. The second-order valence-electron chi connectivity index (χ2n) is 5.67. The molecule has 3 rings (SSSR count). The van der Waals surface area contributed by atoms with Crippen LogP contribution in [0.1, 0.15) is 11.3 Å². The van der Waals surface area contributed by atoms with Crippen LogP contribution in [0.15, 0.2) is 53.7 Å². The minimum atomic E-state index is -4.64. The van der Waals surface area contributed by atoms with E-state index in [1.165, 1.54) is 12.1 Å².